The summed E-state index contributed by atoms with van der Waals surface area (Å²) in [6.07, 6.45) is 4.07. The smallest absolute Gasteiger partial charge is 0.309 e. The lowest BCUT2D eigenvalue weighted by Crippen LogP contribution is -2.53. The Morgan fingerprint density at radius 3 is 2.50 bits per heavy atom. The zero-order valence-corrected chi connectivity index (χ0v) is 12.3. The molecule has 4 atom stereocenters. The molecule has 4 heteroatoms. The lowest BCUT2D eigenvalue weighted by molar-refractivity contribution is -0.165. The van der Waals surface area contributed by atoms with Crippen LogP contribution in [0.15, 0.2) is 12.2 Å². The van der Waals surface area contributed by atoms with E-state index in [4.69, 9.17) is 0 Å². The molecule has 0 spiro atoms. The van der Waals surface area contributed by atoms with Gasteiger partial charge in [0.1, 0.15) is 0 Å². The molecule has 2 N–H and O–H groups in total. The minimum atomic E-state index is -0.819. The van der Waals surface area contributed by atoms with Crippen molar-refractivity contribution in [2.75, 3.05) is 0 Å². The molecule has 2 aliphatic carbocycles. The van der Waals surface area contributed by atoms with Gasteiger partial charge in [0.05, 0.1) is 11.8 Å². The zero-order chi connectivity index (χ0) is 15.1. The highest BCUT2D eigenvalue weighted by Gasteiger charge is 2.57. The molecule has 20 heavy (non-hydrogen) atoms. The minimum absolute atomic E-state index is 0.0381. The Bertz CT molecular complexity index is 455. The number of allylic oxidation sites excluding steroid dienone is 1. The number of hydrogen-bond donors (Lipinski definition) is 2. The fraction of sp³-hybridized carbons (Fsp3) is 0.750. The first-order valence-corrected chi connectivity index (χ1v) is 7.34. The predicted molar refractivity (Wildman–Crippen MR) is 75.3 cm³/mol. The van der Waals surface area contributed by atoms with Crippen LogP contribution < -0.4 is 0 Å². The number of rotatable bonds is 3. The predicted octanol–water partition coefficient (Wildman–Crippen LogP) is 3.32. The van der Waals surface area contributed by atoms with Crippen LogP contribution >= 0.6 is 0 Å². The van der Waals surface area contributed by atoms with E-state index in [0.717, 1.165) is 31.3 Å². The average Bonchev–Trinajstić information content (AvgIpc) is 2.33. The van der Waals surface area contributed by atoms with E-state index >= 15 is 0 Å². The molecule has 2 fully saturated rings. The number of carboxylic acid groups (broad SMARTS) is 2. The van der Waals surface area contributed by atoms with Crippen molar-refractivity contribution in [1.82, 2.24) is 0 Å². The molecule has 2 saturated carbocycles. The van der Waals surface area contributed by atoms with E-state index in [1.165, 1.54) is 0 Å². The minimum Gasteiger partial charge on any atom is -0.481 e. The van der Waals surface area contributed by atoms with E-state index in [1.807, 2.05) is 6.92 Å². The third-order valence-corrected chi connectivity index (χ3v) is 5.89. The Morgan fingerprint density at radius 1 is 1.30 bits per heavy atom. The monoisotopic (exact) mass is 280 g/mol. The quantitative estimate of drug-likeness (QED) is 0.778. The summed E-state index contributed by atoms with van der Waals surface area (Å²) in [7, 11) is 0. The maximum atomic E-state index is 11.7. The van der Waals surface area contributed by atoms with Crippen LogP contribution in [0.5, 0.6) is 0 Å². The molecule has 0 bridgehead atoms. The summed E-state index contributed by atoms with van der Waals surface area (Å²) in [5.41, 5.74) is 0.00427. The molecule has 0 aliphatic heterocycles. The molecule has 4 nitrogen and oxygen atoms in total. The van der Waals surface area contributed by atoms with Gasteiger partial charge >= 0.3 is 11.9 Å². The third-order valence-electron chi connectivity index (χ3n) is 5.89. The first-order chi connectivity index (χ1) is 9.21. The molecular formula is C16H24O4. The molecule has 0 saturated heterocycles. The first kappa shape index (κ1) is 15.1. The lowest BCUT2D eigenvalue weighted by atomic mass is 9.47. The Balaban J connectivity index is 2.40. The Morgan fingerprint density at radius 2 is 1.95 bits per heavy atom. The van der Waals surface area contributed by atoms with Gasteiger partial charge in [0.25, 0.3) is 0 Å². The average molecular weight is 280 g/mol. The first-order valence-electron chi connectivity index (χ1n) is 7.34. The summed E-state index contributed by atoms with van der Waals surface area (Å²) in [4.78, 5) is 22.9. The molecular weight excluding hydrogens is 256 g/mol. The van der Waals surface area contributed by atoms with Crippen molar-refractivity contribution >= 4 is 11.9 Å². The second kappa shape index (κ2) is 4.90. The van der Waals surface area contributed by atoms with Crippen molar-refractivity contribution in [3.8, 4) is 0 Å². The number of carboxylic acids is 2. The topological polar surface area (TPSA) is 74.6 Å². The molecule has 0 radical (unpaired) electrons. The fourth-order valence-corrected chi connectivity index (χ4v) is 4.76. The van der Waals surface area contributed by atoms with E-state index < -0.39 is 17.4 Å². The molecule has 2 aliphatic rings. The molecule has 0 amide bonds. The van der Waals surface area contributed by atoms with Gasteiger partial charge in [-0.25, -0.2) is 0 Å². The summed E-state index contributed by atoms with van der Waals surface area (Å²) < 4.78 is 0. The van der Waals surface area contributed by atoms with Gasteiger partial charge in [0.15, 0.2) is 0 Å². The van der Waals surface area contributed by atoms with E-state index in [0.29, 0.717) is 6.42 Å². The summed E-state index contributed by atoms with van der Waals surface area (Å²) in [5.74, 6) is -1.62. The molecule has 2 rings (SSSR count). The van der Waals surface area contributed by atoms with Crippen LogP contribution in [0.1, 0.15) is 52.4 Å². The van der Waals surface area contributed by atoms with Crippen LogP contribution in [0.2, 0.25) is 0 Å². The summed E-state index contributed by atoms with van der Waals surface area (Å²) in [6, 6.07) is 0. The van der Waals surface area contributed by atoms with Crippen molar-refractivity contribution in [1.29, 1.82) is 0 Å². The van der Waals surface area contributed by atoms with Gasteiger partial charge in [0, 0.05) is 0 Å². The van der Waals surface area contributed by atoms with Gasteiger partial charge in [0.2, 0.25) is 0 Å². The van der Waals surface area contributed by atoms with Crippen molar-refractivity contribution in [3.05, 3.63) is 12.2 Å². The van der Waals surface area contributed by atoms with E-state index in [1.54, 1.807) is 0 Å². The molecule has 0 aromatic carbocycles. The molecule has 0 aromatic heterocycles. The van der Waals surface area contributed by atoms with E-state index in [9.17, 15) is 19.8 Å². The summed E-state index contributed by atoms with van der Waals surface area (Å²) in [5, 5.41) is 18.8. The van der Waals surface area contributed by atoms with Crippen LogP contribution in [0.4, 0.5) is 0 Å². The highest BCUT2D eigenvalue weighted by molar-refractivity contribution is 5.75. The number of aliphatic carboxylic acids is 2. The van der Waals surface area contributed by atoms with Crippen LogP contribution in [0.3, 0.4) is 0 Å². The standard InChI is InChI=1S/C16H24O4/c1-10-5-6-12-15(2,11(10)9-13(17)18)7-4-8-16(12,3)14(19)20/h11-12H,1,4-9H2,2-3H3,(H,17,18)(H,19,20)/t11-,12+,15+,16?/m0/s1. The summed E-state index contributed by atoms with van der Waals surface area (Å²) >= 11 is 0. The van der Waals surface area contributed by atoms with Gasteiger partial charge in [-0.15, -0.1) is 0 Å². The van der Waals surface area contributed by atoms with Gasteiger partial charge in [-0.3, -0.25) is 9.59 Å². The van der Waals surface area contributed by atoms with Crippen LogP contribution in [-0.4, -0.2) is 22.2 Å². The number of carbonyl (C=O) groups is 2. The Kier molecular flexibility index (Phi) is 3.69. The molecule has 112 valence electrons. The van der Waals surface area contributed by atoms with Crippen molar-refractivity contribution in [2.45, 2.75) is 52.4 Å². The van der Waals surface area contributed by atoms with Crippen LogP contribution in [0.25, 0.3) is 0 Å². The number of fused-ring (bicyclic) bond motifs is 1. The van der Waals surface area contributed by atoms with Gasteiger partial charge in [-0.2, -0.15) is 0 Å². The maximum absolute atomic E-state index is 11.7. The Labute approximate surface area is 119 Å². The zero-order valence-electron chi connectivity index (χ0n) is 12.3. The van der Waals surface area contributed by atoms with Crippen LogP contribution in [-0.2, 0) is 9.59 Å². The SMILES string of the molecule is C=C1CC[C@H]2C(C)(C(=O)O)CCC[C@]2(C)[C@H]1CC(=O)O. The second-order valence-corrected chi connectivity index (χ2v) is 6.98. The Hall–Kier alpha value is -1.32. The van der Waals surface area contributed by atoms with Gasteiger partial charge in [-0.05, 0) is 49.9 Å². The molecule has 0 heterocycles. The third kappa shape index (κ3) is 2.15. The lowest BCUT2D eigenvalue weighted by Gasteiger charge is -2.57. The highest BCUT2D eigenvalue weighted by atomic mass is 16.4. The summed E-state index contributed by atoms with van der Waals surface area (Å²) in [6.45, 7) is 7.98. The van der Waals surface area contributed by atoms with Crippen molar-refractivity contribution < 1.29 is 19.8 Å². The van der Waals surface area contributed by atoms with Gasteiger partial charge < -0.3 is 10.2 Å². The van der Waals surface area contributed by atoms with Crippen molar-refractivity contribution in [3.63, 3.8) is 0 Å². The largest absolute Gasteiger partial charge is 0.481 e. The van der Waals surface area contributed by atoms with E-state index in [-0.39, 0.29) is 23.7 Å². The second-order valence-electron chi connectivity index (χ2n) is 6.98. The fourth-order valence-electron chi connectivity index (χ4n) is 4.76. The number of hydrogen-bond acceptors (Lipinski definition) is 2. The molecule has 1 unspecified atom stereocenters. The normalized spacial score (nSPS) is 41.0. The van der Waals surface area contributed by atoms with E-state index in [2.05, 4.69) is 13.5 Å². The maximum Gasteiger partial charge on any atom is 0.309 e. The van der Waals surface area contributed by atoms with Gasteiger partial charge in [-0.1, -0.05) is 25.5 Å². The van der Waals surface area contributed by atoms with Crippen molar-refractivity contribution in [2.24, 2.45) is 22.7 Å². The molecule has 0 aromatic rings. The van der Waals surface area contributed by atoms with Crippen LogP contribution in [0, 0.1) is 22.7 Å². The highest BCUT2D eigenvalue weighted by Crippen LogP contribution is 2.61.